The van der Waals surface area contributed by atoms with Crippen LogP contribution in [-0.2, 0) is 19.0 Å². The normalized spacial score (nSPS) is 53.4. The van der Waals surface area contributed by atoms with Crippen LogP contribution in [0.15, 0.2) is 11.6 Å². The fraction of sp³-hybridized carbons (Fsp3) is 0.897. The molecule has 0 radical (unpaired) electrons. The van der Waals surface area contributed by atoms with Gasteiger partial charge in [-0.2, -0.15) is 0 Å². The number of carbonyl (C=O) groups is 1. The van der Waals surface area contributed by atoms with Crippen molar-refractivity contribution in [1.29, 1.82) is 0 Å². The van der Waals surface area contributed by atoms with Crippen molar-refractivity contribution >= 4 is 5.97 Å². The summed E-state index contributed by atoms with van der Waals surface area (Å²) < 4.78 is 16.9. The minimum absolute atomic E-state index is 0.0509. The van der Waals surface area contributed by atoms with Crippen LogP contribution in [0.3, 0.4) is 0 Å². The number of aliphatic hydroxyl groups is 6. The first-order valence-electron chi connectivity index (χ1n) is 14.7. The van der Waals surface area contributed by atoms with Crippen LogP contribution in [0.4, 0.5) is 0 Å². The van der Waals surface area contributed by atoms with Gasteiger partial charge in [-0.05, 0) is 92.4 Å². The second-order valence-corrected chi connectivity index (χ2v) is 13.4. The van der Waals surface area contributed by atoms with Crippen molar-refractivity contribution in [3.8, 4) is 0 Å². The van der Waals surface area contributed by atoms with Crippen molar-refractivity contribution in [2.24, 2.45) is 34.5 Å². The fourth-order valence-electron chi connectivity index (χ4n) is 9.97. The molecule has 0 aromatic carbocycles. The molecule has 6 N–H and O–H groups in total. The summed E-state index contributed by atoms with van der Waals surface area (Å²) in [5.74, 6) is 0.273. The van der Waals surface area contributed by atoms with Gasteiger partial charge < -0.3 is 44.8 Å². The van der Waals surface area contributed by atoms with E-state index in [1.807, 2.05) is 0 Å². The lowest BCUT2D eigenvalue weighted by atomic mass is 9.43. The second kappa shape index (κ2) is 10.0. The number of fused-ring (bicyclic) bond motifs is 5. The van der Waals surface area contributed by atoms with E-state index in [1.54, 1.807) is 6.08 Å². The maximum atomic E-state index is 12.4. The SMILES string of the molecule is C[C@]12CC[C@H]3[C@@H](CC[C@@H]4C[C@@H](O[C@@H]5O[C@H](CO)[C@@H](O)[C@H](O)[C@H]5O)CC[C@@]43CO)[C@@]1(O)CC[C@@H]2C1=CC(=O)OC1. The van der Waals surface area contributed by atoms with Crippen molar-refractivity contribution in [2.45, 2.75) is 107 Å². The minimum atomic E-state index is -1.48. The van der Waals surface area contributed by atoms with Crippen LogP contribution < -0.4 is 0 Å². The number of hydrogen-bond acceptors (Lipinski definition) is 10. The predicted molar refractivity (Wildman–Crippen MR) is 136 cm³/mol. The molecule has 0 aromatic rings. The third-order valence-electron chi connectivity index (χ3n) is 12.1. The first kappa shape index (κ1) is 28.0. The number of carbonyl (C=O) groups excluding carboxylic acids is 1. The van der Waals surface area contributed by atoms with Crippen molar-refractivity contribution in [3.05, 3.63) is 11.6 Å². The molecule has 6 rings (SSSR count). The molecule has 13 atom stereocenters. The highest BCUT2D eigenvalue weighted by Crippen LogP contribution is 2.70. The molecule has 5 fully saturated rings. The molecule has 0 unspecified atom stereocenters. The van der Waals surface area contributed by atoms with Crippen LogP contribution in [0.25, 0.3) is 0 Å². The highest BCUT2D eigenvalue weighted by molar-refractivity contribution is 5.85. The van der Waals surface area contributed by atoms with E-state index >= 15 is 0 Å². The molecule has 4 saturated carbocycles. The van der Waals surface area contributed by atoms with E-state index < -0.39 is 42.9 Å². The van der Waals surface area contributed by atoms with E-state index in [0.717, 1.165) is 44.1 Å². The molecule has 10 heteroatoms. The van der Waals surface area contributed by atoms with E-state index in [4.69, 9.17) is 14.2 Å². The average Bonchev–Trinajstić information content (AvgIpc) is 3.48. The zero-order chi connectivity index (χ0) is 27.7. The molecule has 220 valence electrons. The minimum Gasteiger partial charge on any atom is -0.458 e. The lowest BCUT2D eigenvalue weighted by Gasteiger charge is -2.64. The molecule has 0 spiro atoms. The Hall–Kier alpha value is -1.11. The first-order valence-corrected chi connectivity index (χ1v) is 14.7. The van der Waals surface area contributed by atoms with Gasteiger partial charge in [0.05, 0.1) is 18.3 Å². The number of esters is 1. The van der Waals surface area contributed by atoms with E-state index in [-0.39, 0.29) is 53.2 Å². The van der Waals surface area contributed by atoms with Gasteiger partial charge in [-0.15, -0.1) is 0 Å². The third kappa shape index (κ3) is 4.08. The van der Waals surface area contributed by atoms with Gasteiger partial charge in [-0.3, -0.25) is 0 Å². The van der Waals surface area contributed by atoms with Gasteiger partial charge in [0.25, 0.3) is 0 Å². The van der Waals surface area contributed by atoms with Gasteiger partial charge in [-0.1, -0.05) is 6.92 Å². The molecule has 2 aliphatic heterocycles. The number of rotatable bonds is 5. The molecule has 6 aliphatic rings. The van der Waals surface area contributed by atoms with Crippen molar-refractivity contribution in [3.63, 3.8) is 0 Å². The molecular formula is C29H44O10. The number of aliphatic hydroxyl groups excluding tert-OH is 5. The van der Waals surface area contributed by atoms with Crippen LogP contribution in [0, 0.1) is 34.5 Å². The van der Waals surface area contributed by atoms with E-state index in [2.05, 4.69) is 6.92 Å². The highest BCUT2D eigenvalue weighted by Gasteiger charge is 2.68. The predicted octanol–water partition coefficient (Wildman–Crippen LogP) is 0.401. The van der Waals surface area contributed by atoms with E-state index in [9.17, 15) is 35.4 Å². The Bertz CT molecular complexity index is 985. The van der Waals surface area contributed by atoms with E-state index in [0.29, 0.717) is 25.9 Å². The fourth-order valence-corrected chi connectivity index (χ4v) is 9.97. The van der Waals surface area contributed by atoms with Gasteiger partial charge in [0.15, 0.2) is 6.29 Å². The van der Waals surface area contributed by atoms with E-state index in [1.165, 1.54) is 0 Å². The molecule has 0 amide bonds. The number of ether oxygens (including phenoxy) is 3. The Morgan fingerprint density at radius 1 is 0.974 bits per heavy atom. The Kier molecular flexibility index (Phi) is 7.20. The molecule has 2 heterocycles. The monoisotopic (exact) mass is 552 g/mol. The van der Waals surface area contributed by atoms with Crippen molar-refractivity contribution < 1.29 is 49.6 Å². The maximum absolute atomic E-state index is 12.4. The zero-order valence-electron chi connectivity index (χ0n) is 22.7. The zero-order valence-corrected chi connectivity index (χ0v) is 22.7. The van der Waals surface area contributed by atoms with Gasteiger partial charge in [0, 0.05) is 18.1 Å². The molecule has 10 nitrogen and oxygen atoms in total. The van der Waals surface area contributed by atoms with Crippen LogP contribution in [0.2, 0.25) is 0 Å². The summed E-state index contributed by atoms with van der Waals surface area (Å²) in [5.41, 5.74) is -0.502. The molecule has 4 aliphatic carbocycles. The smallest absolute Gasteiger partial charge is 0.331 e. The molecule has 1 saturated heterocycles. The molecule has 0 bridgehead atoms. The molecular weight excluding hydrogens is 508 g/mol. The van der Waals surface area contributed by atoms with Gasteiger partial charge in [0.2, 0.25) is 0 Å². The summed E-state index contributed by atoms with van der Waals surface area (Å²) in [6, 6.07) is 0. The van der Waals surface area contributed by atoms with Crippen LogP contribution in [-0.4, -0.2) is 98.8 Å². The van der Waals surface area contributed by atoms with Gasteiger partial charge in [0.1, 0.15) is 31.0 Å². The van der Waals surface area contributed by atoms with Crippen LogP contribution in [0.5, 0.6) is 0 Å². The summed E-state index contributed by atoms with van der Waals surface area (Å²) in [7, 11) is 0. The summed E-state index contributed by atoms with van der Waals surface area (Å²) in [6.07, 6.45) is 1.88. The Balaban J connectivity index is 1.18. The van der Waals surface area contributed by atoms with Crippen molar-refractivity contribution in [2.75, 3.05) is 19.8 Å². The number of hydrogen-bond donors (Lipinski definition) is 6. The summed E-state index contributed by atoms with van der Waals surface area (Å²) in [4.78, 5) is 11.8. The Morgan fingerprint density at radius 3 is 2.46 bits per heavy atom. The quantitative estimate of drug-likeness (QED) is 0.208. The topological polar surface area (TPSA) is 166 Å². The molecule has 39 heavy (non-hydrogen) atoms. The largest absolute Gasteiger partial charge is 0.458 e. The Labute approximate surface area is 229 Å². The van der Waals surface area contributed by atoms with Crippen LogP contribution >= 0.6 is 0 Å². The number of cyclic esters (lactones) is 1. The summed E-state index contributed by atoms with van der Waals surface area (Å²) >= 11 is 0. The summed E-state index contributed by atoms with van der Waals surface area (Å²) in [6.45, 7) is 2.06. The average molecular weight is 553 g/mol. The lowest BCUT2D eigenvalue weighted by Crippen LogP contribution is -2.64. The third-order valence-corrected chi connectivity index (χ3v) is 12.1. The van der Waals surface area contributed by atoms with Crippen molar-refractivity contribution in [1.82, 2.24) is 0 Å². The first-order chi connectivity index (χ1) is 18.6. The lowest BCUT2D eigenvalue weighted by molar-refractivity contribution is -0.317. The standard InChI is InChI=1S/C29H44O10/c1-27-7-5-19-20(29(27,36)9-6-18(27)15-10-22(32)37-13-15)3-2-16-11-17(4-8-28(16,19)14-31)38-26-25(35)24(34)23(33)21(12-30)39-26/h10,16-21,23-26,30-31,33-36H,2-9,11-14H2,1H3/t16-,17+,18-,19+,20-,21-,23-,24+,25-,26-,27-,28-,29+/m1/s1. The van der Waals surface area contributed by atoms with Gasteiger partial charge in [-0.25, -0.2) is 4.79 Å². The van der Waals surface area contributed by atoms with Crippen LogP contribution in [0.1, 0.15) is 64.7 Å². The van der Waals surface area contributed by atoms with Gasteiger partial charge >= 0.3 is 5.97 Å². The second-order valence-electron chi connectivity index (χ2n) is 13.4. The highest BCUT2D eigenvalue weighted by atomic mass is 16.7. The Morgan fingerprint density at radius 2 is 1.77 bits per heavy atom. The summed E-state index contributed by atoms with van der Waals surface area (Å²) in [5, 5.41) is 63.5. The molecule has 0 aromatic heterocycles. The maximum Gasteiger partial charge on any atom is 0.331 e.